The summed E-state index contributed by atoms with van der Waals surface area (Å²) in [5.74, 6) is -1.90. The molecule has 1 aromatic rings. The normalized spacial score (nSPS) is 26.4. The summed E-state index contributed by atoms with van der Waals surface area (Å²) in [6, 6.07) is 4.39. The van der Waals surface area contributed by atoms with Crippen molar-refractivity contribution in [2.24, 2.45) is 0 Å². The average molecular weight is 425 g/mol. The highest BCUT2D eigenvalue weighted by atomic mass is 16.2. The fourth-order valence-electron chi connectivity index (χ4n) is 4.61. The van der Waals surface area contributed by atoms with Crippen LogP contribution in [-0.2, 0) is 20.9 Å². The van der Waals surface area contributed by atoms with E-state index in [1.807, 2.05) is 4.90 Å². The number of amides is 5. The molecule has 10 heteroatoms. The topological polar surface area (TPSA) is 128 Å². The number of rotatable bonds is 5. The predicted molar refractivity (Wildman–Crippen MR) is 107 cm³/mol. The van der Waals surface area contributed by atoms with E-state index in [0.717, 1.165) is 23.6 Å². The molecule has 162 valence electrons. The molecule has 1 aromatic carbocycles. The van der Waals surface area contributed by atoms with Crippen LogP contribution < -0.4 is 16.0 Å². The molecule has 0 radical (unpaired) electrons. The molecule has 0 saturated carbocycles. The number of carbonyl (C=O) groups is 5. The molecule has 3 fully saturated rings. The molecule has 5 amide bonds. The van der Waals surface area contributed by atoms with Crippen molar-refractivity contribution >= 4 is 29.5 Å². The largest absolute Gasteiger partial charge is 0.336 e. The number of imide groups is 2. The zero-order valence-electron chi connectivity index (χ0n) is 16.8. The third kappa shape index (κ3) is 3.41. The number of likely N-dealkylation sites (tertiary alicyclic amines) is 1. The van der Waals surface area contributed by atoms with Crippen molar-refractivity contribution in [3.8, 4) is 0 Å². The Labute approximate surface area is 178 Å². The van der Waals surface area contributed by atoms with Crippen molar-refractivity contribution in [2.75, 3.05) is 19.6 Å². The molecular weight excluding hydrogens is 402 g/mol. The summed E-state index contributed by atoms with van der Waals surface area (Å²) in [5, 5.41) is 8.74. The first-order valence-electron chi connectivity index (χ1n) is 10.5. The molecule has 10 nitrogen and oxygen atoms in total. The molecule has 3 saturated heterocycles. The van der Waals surface area contributed by atoms with Crippen LogP contribution in [0.2, 0.25) is 0 Å². The maximum atomic E-state index is 12.9. The number of piperidine rings is 1. The molecule has 3 N–H and O–H groups in total. The smallest absolute Gasteiger partial charge is 0.262 e. The highest BCUT2D eigenvalue weighted by Crippen LogP contribution is 2.28. The number of benzene rings is 1. The van der Waals surface area contributed by atoms with Crippen LogP contribution in [0.5, 0.6) is 0 Å². The first kappa shape index (κ1) is 19.8. The fraction of sp³-hybridized carbons (Fsp3) is 0.476. The molecule has 4 heterocycles. The summed E-state index contributed by atoms with van der Waals surface area (Å²) in [7, 11) is 0. The summed E-state index contributed by atoms with van der Waals surface area (Å²) >= 11 is 0. The highest BCUT2D eigenvalue weighted by Gasteiger charge is 2.44. The molecule has 2 atom stereocenters. The SMILES string of the molecule is O=C1CCC(N2C(=O)c3ccc(CNC4CC(=O)N(C5CNC5)C4)cc3C2=O)C(=O)N1. The lowest BCUT2D eigenvalue weighted by atomic mass is 10.0. The lowest BCUT2D eigenvalue weighted by Crippen LogP contribution is -2.57. The molecular formula is C21H23N5O5. The van der Waals surface area contributed by atoms with E-state index in [1.54, 1.807) is 18.2 Å². The van der Waals surface area contributed by atoms with Crippen molar-refractivity contribution in [3.05, 3.63) is 34.9 Å². The van der Waals surface area contributed by atoms with Crippen LogP contribution in [0.15, 0.2) is 18.2 Å². The van der Waals surface area contributed by atoms with E-state index in [-0.39, 0.29) is 42.0 Å². The van der Waals surface area contributed by atoms with Gasteiger partial charge in [0, 0.05) is 45.1 Å². The number of nitrogens with one attached hydrogen (secondary N) is 3. The van der Waals surface area contributed by atoms with Gasteiger partial charge >= 0.3 is 0 Å². The Morgan fingerprint density at radius 1 is 1.03 bits per heavy atom. The van der Waals surface area contributed by atoms with Gasteiger partial charge in [0.25, 0.3) is 11.8 Å². The molecule has 5 rings (SSSR count). The van der Waals surface area contributed by atoms with E-state index >= 15 is 0 Å². The summed E-state index contributed by atoms with van der Waals surface area (Å²) in [6.45, 7) is 2.80. The first-order chi connectivity index (χ1) is 14.9. The number of carbonyl (C=O) groups excluding carboxylic acids is 5. The number of fused-ring (bicyclic) bond motifs is 1. The lowest BCUT2D eigenvalue weighted by molar-refractivity contribution is -0.136. The molecule has 0 spiro atoms. The second kappa shape index (κ2) is 7.54. The third-order valence-corrected chi connectivity index (χ3v) is 6.46. The Morgan fingerprint density at radius 2 is 1.81 bits per heavy atom. The average Bonchev–Trinajstić information content (AvgIpc) is 3.17. The Hall–Kier alpha value is -3.11. The molecule has 4 aliphatic rings. The molecule has 4 aliphatic heterocycles. The van der Waals surface area contributed by atoms with Gasteiger partial charge in [0.15, 0.2) is 0 Å². The minimum Gasteiger partial charge on any atom is -0.336 e. The maximum Gasteiger partial charge on any atom is 0.262 e. The van der Waals surface area contributed by atoms with Gasteiger partial charge < -0.3 is 15.5 Å². The van der Waals surface area contributed by atoms with Gasteiger partial charge in [0.1, 0.15) is 6.04 Å². The molecule has 0 aromatic heterocycles. The predicted octanol–water partition coefficient (Wildman–Crippen LogP) is -1.25. The van der Waals surface area contributed by atoms with E-state index < -0.39 is 29.7 Å². The van der Waals surface area contributed by atoms with Crippen LogP contribution in [0.4, 0.5) is 0 Å². The standard InChI is InChI=1S/C21H23N5O5/c27-17-4-3-16(19(29)24-17)26-20(30)14-2-1-11(5-15(14)21(26)31)7-23-12-6-18(28)25(10-12)13-8-22-9-13/h1-2,5,12-13,16,22-23H,3-4,6-10H2,(H,24,27,29). The third-order valence-electron chi connectivity index (χ3n) is 6.46. The summed E-state index contributed by atoms with van der Waals surface area (Å²) in [4.78, 5) is 64.3. The molecule has 31 heavy (non-hydrogen) atoms. The van der Waals surface area contributed by atoms with Crippen LogP contribution in [0.3, 0.4) is 0 Å². The number of hydrogen-bond donors (Lipinski definition) is 3. The van der Waals surface area contributed by atoms with Gasteiger partial charge in [-0.05, 0) is 24.1 Å². The van der Waals surface area contributed by atoms with Crippen LogP contribution >= 0.6 is 0 Å². The second-order valence-corrected chi connectivity index (χ2v) is 8.47. The van der Waals surface area contributed by atoms with Crippen LogP contribution in [0, 0.1) is 0 Å². The van der Waals surface area contributed by atoms with Crippen LogP contribution in [0.1, 0.15) is 45.5 Å². The van der Waals surface area contributed by atoms with Gasteiger partial charge in [-0.1, -0.05) is 6.07 Å². The Kier molecular flexibility index (Phi) is 4.82. The van der Waals surface area contributed by atoms with Crippen LogP contribution in [0.25, 0.3) is 0 Å². The summed E-state index contributed by atoms with van der Waals surface area (Å²) < 4.78 is 0. The maximum absolute atomic E-state index is 12.9. The van der Waals surface area contributed by atoms with Gasteiger partial charge in [-0.25, -0.2) is 0 Å². The van der Waals surface area contributed by atoms with Crippen molar-refractivity contribution in [3.63, 3.8) is 0 Å². The monoisotopic (exact) mass is 425 g/mol. The van der Waals surface area contributed by atoms with E-state index in [0.29, 0.717) is 19.5 Å². The highest BCUT2D eigenvalue weighted by molar-refractivity contribution is 6.23. The molecule has 0 bridgehead atoms. The Balaban J connectivity index is 1.26. The van der Waals surface area contributed by atoms with E-state index in [4.69, 9.17) is 0 Å². The van der Waals surface area contributed by atoms with Crippen LogP contribution in [-0.4, -0.2) is 77.1 Å². The fourth-order valence-corrected chi connectivity index (χ4v) is 4.61. The Morgan fingerprint density at radius 3 is 2.52 bits per heavy atom. The summed E-state index contributed by atoms with van der Waals surface area (Å²) in [6.07, 6.45) is 0.669. The van der Waals surface area contributed by atoms with Gasteiger partial charge in [0.05, 0.1) is 17.2 Å². The van der Waals surface area contributed by atoms with Gasteiger partial charge in [-0.15, -0.1) is 0 Å². The Bertz CT molecular complexity index is 1000. The summed E-state index contributed by atoms with van der Waals surface area (Å²) in [5.41, 5.74) is 1.35. The minimum atomic E-state index is -0.969. The van der Waals surface area contributed by atoms with Crippen molar-refractivity contribution in [2.45, 2.75) is 43.9 Å². The first-order valence-corrected chi connectivity index (χ1v) is 10.5. The minimum absolute atomic E-state index is 0.0404. The second-order valence-electron chi connectivity index (χ2n) is 8.47. The zero-order chi connectivity index (χ0) is 21.7. The van der Waals surface area contributed by atoms with Gasteiger partial charge in [-0.3, -0.25) is 34.2 Å². The quantitative estimate of drug-likeness (QED) is 0.503. The van der Waals surface area contributed by atoms with E-state index in [9.17, 15) is 24.0 Å². The van der Waals surface area contributed by atoms with Crippen molar-refractivity contribution in [1.82, 2.24) is 25.8 Å². The molecule has 2 unspecified atom stereocenters. The van der Waals surface area contributed by atoms with Gasteiger partial charge in [-0.2, -0.15) is 0 Å². The van der Waals surface area contributed by atoms with Gasteiger partial charge in [0.2, 0.25) is 17.7 Å². The lowest BCUT2D eigenvalue weighted by Gasteiger charge is -2.35. The van der Waals surface area contributed by atoms with Crippen molar-refractivity contribution < 1.29 is 24.0 Å². The van der Waals surface area contributed by atoms with E-state index in [1.165, 1.54) is 0 Å². The zero-order valence-corrected chi connectivity index (χ0v) is 16.8. The molecule has 0 aliphatic carbocycles. The van der Waals surface area contributed by atoms with E-state index in [2.05, 4.69) is 16.0 Å². The number of nitrogens with zero attached hydrogens (tertiary/aromatic N) is 2. The van der Waals surface area contributed by atoms with Crippen molar-refractivity contribution in [1.29, 1.82) is 0 Å². The number of hydrogen-bond acceptors (Lipinski definition) is 7.